The molecular weight excluding hydrogens is 459 g/mol. The van der Waals surface area contributed by atoms with Crippen LogP contribution in [0.1, 0.15) is 49.1 Å². The van der Waals surface area contributed by atoms with E-state index < -0.39 is 27.4 Å². The lowest BCUT2D eigenvalue weighted by Crippen LogP contribution is -2.44. The molecule has 9 heteroatoms. The van der Waals surface area contributed by atoms with Crippen molar-refractivity contribution in [2.75, 3.05) is 10.6 Å². The summed E-state index contributed by atoms with van der Waals surface area (Å²) < 4.78 is 26.2. The van der Waals surface area contributed by atoms with Crippen LogP contribution in [-0.4, -0.2) is 31.3 Å². The molecule has 31 heavy (non-hydrogen) atoms. The summed E-state index contributed by atoms with van der Waals surface area (Å²) in [5, 5.41) is 11.7. The van der Waals surface area contributed by atoms with E-state index in [4.69, 9.17) is 28.9 Å². The van der Waals surface area contributed by atoms with Crippen LogP contribution < -0.4 is 10.0 Å². The summed E-state index contributed by atoms with van der Waals surface area (Å²) >= 11 is 12.3. The second kappa shape index (κ2) is 9.36. The molecular formula is C22H26Cl2N2O4S. The minimum absolute atomic E-state index is 0.000753. The third-order valence-electron chi connectivity index (χ3n) is 5.80. The summed E-state index contributed by atoms with van der Waals surface area (Å²) in [6.07, 6.45) is 4.80. The number of aliphatic hydroxyl groups is 1. The summed E-state index contributed by atoms with van der Waals surface area (Å²) in [6, 6.07) is 11.6. The normalized spacial score (nSPS) is 17.2. The van der Waals surface area contributed by atoms with Crippen molar-refractivity contribution >= 4 is 44.8 Å². The van der Waals surface area contributed by atoms with Gasteiger partial charge in [0.15, 0.2) is 0 Å². The third kappa shape index (κ3) is 5.34. The monoisotopic (exact) mass is 484 g/mol. The fourth-order valence-electron chi connectivity index (χ4n) is 4.25. The van der Waals surface area contributed by atoms with E-state index in [0.29, 0.717) is 39.7 Å². The van der Waals surface area contributed by atoms with Crippen LogP contribution in [0.25, 0.3) is 0 Å². The van der Waals surface area contributed by atoms with Gasteiger partial charge in [0, 0.05) is 0 Å². The molecule has 168 valence electrons. The first-order valence-corrected chi connectivity index (χ1v) is 12.7. The van der Waals surface area contributed by atoms with Gasteiger partial charge >= 0.3 is 0 Å². The molecule has 3 N–H and O–H groups in total. The number of nitrogens with two attached hydrogens (primary N) is 1. The van der Waals surface area contributed by atoms with Crippen molar-refractivity contribution in [2.45, 2.75) is 50.2 Å². The van der Waals surface area contributed by atoms with Gasteiger partial charge in [-0.3, -0.25) is 9.10 Å². The Morgan fingerprint density at radius 3 is 2.29 bits per heavy atom. The predicted molar refractivity (Wildman–Crippen MR) is 124 cm³/mol. The molecule has 1 atom stereocenters. The van der Waals surface area contributed by atoms with E-state index in [1.807, 2.05) is 0 Å². The number of carbonyl (C=O) groups is 1. The van der Waals surface area contributed by atoms with Gasteiger partial charge in [0.05, 0.1) is 40.1 Å². The van der Waals surface area contributed by atoms with E-state index in [2.05, 4.69) is 0 Å². The lowest BCUT2D eigenvalue weighted by Gasteiger charge is -2.38. The molecule has 1 amide bonds. The number of hydrogen-bond acceptors (Lipinski definition) is 4. The standard InChI is InChI=1S/C22H26Cl2N2O4S/c1-31(29,30)26(14-16-6-5-7-18(23)20(16)24)17-10-8-15(9-11-17)19(21(25)27)22(28)12-3-2-4-13-22/h5-11,19,28H,2-4,12-14H2,1H3,(H2,25,27). The van der Waals surface area contributed by atoms with Gasteiger partial charge in [-0.1, -0.05) is 66.7 Å². The van der Waals surface area contributed by atoms with Gasteiger partial charge in [0.25, 0.3) is 0 Å². The first-order chi connectivity index (χ1) is 14.5. The van der Waals surface area contributed by atoms with Crippen LogP contribution in [0.15, 0.2) is 42.5 Å². The lowest BCUT2D eigenvalue weighted by molar-refractivity contribution is -0.127. The second-order valence-electron chi connectivity index (χ2n) is 8.07. The molecule has 2 aromatic carbocycles. The number of anilines is 1. The fraction of sp³-hybridized carbons (Fsp3) is 0.409. The Hall–Kier alpha value is -1.80. The molecule has 2 aromatic rings. The highest BCUT2D eigenvalue weighted by Gasteiger charge is 2.42. The zero-order chi connectivity index (χ0) is 22.8. The molecule has 0 aliphatic heterocycles. The zero-order valence-corrected chi connectivity index (χ0v) is 19.6. The highest BCUT2D eigenvalue weighted by atomic mass is 35.5. The van der Waals surface area contributed by atoms with Gasteiger partial charge in [-0.15, -0.1) is 0 Å². The van der Waals surface area contributed by atoms with Gasteiger partial charge < -0.3 is 10.8 Å². The molecule has 1 aliphatic rings. The molecule has 0 saturated heterocycles. The quantitative estimate of drug-likeness (QED) is 0.613. The largest absolute Gasteiger partial charge is 0.389 e. The van der Waals surface area contributed by atoms with Gasteiger partial charge in [-0.25, -0.2) is 8.42 Å². The van der Waals surface area contributed by atoms with Crippen LogP contribution in [0.5, 0.6) is 0 Å². The smallest absolute Gasteiger partial charge is 0.232 e. The molecule has 0 radical (unpaired) electrons. The van der Waals surface area contributed by atoms with Crippen molar-refractivity contribution in [3.8, 4) is 0 Å². The first kappa shape index (κ1) is 23.9. The SMILES string of the molecule is CS(=O)(=O)N(Cc1cccc(Cl)c1Cl)c1ccc(C(C(N)=O)C2(O)CCCCC2)cc1. The molecule has 6 nitrogen and oxygen atoms in total. The van der Waals surface area contributed by atoms with E-state index in [9.17, 15) is 18.3 Å². The molecule has 1 saturated carbocycles. The predicted octanol–water partition coefficient (Wildman–Crippen LogP) is 4.22. The Bertz CT molecular complexity index is 1050. The molecule has 1 unspecified atom stereocenters. The van der Waals surface area contributed by atoms with E-state index in [0.717, 1.165) is 25.5 Å². The average molecular weight is 485 g/mol. The average Bonchev–Trinajstić information content (AvgIpc) is 2.69. The maximum Gasteiger partial charge on any atom is 0.232 e. The Morgan fingerprint density at radius 2 is 1.74 bits per heavy atom. The van der Waals surface area contributed by atoms with Crippen LogP contribution in [0, 0.1) is 0 Å². The van der Waals surface area contributed by atoms with Crippen molar-refractivity contribution in [3.63, 3.8) is 0 Å². The summed E-state index contributed by atoms with van der Waals surface area (Å²) in [5.74, 6) is -1.45. The van der Waals surface area contributed by atoms with Crippen LogP contribution >= 0.6 is 23.2 Å². The Morgan fingerprint density at radius 1 is 1.13 bits per heavy atom. The molecule has 1 fully saturated rings. The summed E-state index contributed by atoms with van der Waals surface area (Å²) in [6.45, 7) is 0.000753. The number of nitrogens with zero attached hydrogens (tertiary/aromatic N) is 1. The number of carbonyl (C=O) groups excluding carboxylic acids is 1. The zero-order valence-electron chi connectivity index (χ0n) is 17.2. The molecule has 0 aromatic heterocycles. The molecule has 1 aliphatic carbocycles. The molecule has 0 spiro atoms. The van der Waals surface area contributed by atoms with E-state index in [1.165, 1.54) is 4.31 Å². The van der Waals surface area contributed by atoms with Crippen molar-refractivity contribution < 1.29 is 18.3 Å². The van der Waals surface area contributed by atoms with Crippen LogP contribution in [0.3, 0.4) is 0 Å². The summed E-state index contributed by atoms with van der Waals surface area (Å²) in [5.41, 5.74) is 6.00. The van der Waals surface area contributed by atoms with Crippen molar-refractivity contribution in [3.05, 3.63) is 63.6 Å². The molecule has 3 rings (SSSR count). The van der Waals surface area contributed by atoms with Crippen LogP contribution in [0.2, 0.25) is 10.0 Å². The Kier molecular flexibility index (Phi) is 7.21. The van der Waals surface area contributed by atoms with Gasteiger partial charge in [0.1, 0.15) is 0 Å². The van der Waals surface area contributed by atoms with Crippen molar-refractivity contribution in [1.29, 1.82) is 0 Å². The molecule has 0 heterocycles. The van der Waals surface area contributed by atoms with Crippen LogP contribution in [-0.2, 0) is 21.4 Å². The van der Waals surface area contributed by atoms with E-state index >= 15 is 0 Å². The Balaban J connectivity index is 1.94. The topological polar surface area (TPSA) is 101 Å². The minimum atomic E-state index is -3.64. The number of primary amides is 1. The number of hydrogen-bond donors (Lipinski definition) is 2. The fourth-order valence-corrected chi connectivity index (χ4v) is 5.51. The second-order valence-corrected chi connectivity index (χ2v) is 10.8. The number of sulfonamides is 1. The van der Waals surface area contributed by atoms with Crippen LogP contribution in [0.4, 0.5) is 5.69 Å². The highest BCUT2D eigenvalue weighted by Crippen LogP contribution is 2.40. The Labute approximate surface area is 193 Å². The summed E-state index contributed by atoms with van der Waals surface area (Å²) in [7, 11) is -3.64. The third-order valence-corrected chi connectivity index (χ3v) is 7.80. The number of rotatable bonds is 7. The minimum Gasteiger partial charge on any atom is -0.389 e. The number of amides is 1. The van der Waals surface area contributed by atoms with Gasteiger partial charge in [0.2, 0.25) is 15.9 Å². The van der Waals surface area contributed by atoms with Gasteiger partial charge in [-0.05, 0) is 42.2 Å². The highest BCUT2D eigenvalue weighted by molar-refractivity contribution is 7.92. The van der Waals surface area contributed by atoms with E-state index in [-0.39, 0.29) is 6.54 Å². The van der Waals surface area contributed by atoms with Crippen molar-refractivity contribution in [1.82, 2.24) is 0 Å². The maximum absolute atomic E-state index is 12.5. The van der Waals surface area contributed by atoms with Crippen molar-refractivity contribution in [2.24, 2.45) is 5.73 Å². The molecule has 0 bridgehead atoms. The lowest BCUT2D eigenvalue weighted by atomic mass is 9.72. The van der Waals surface area contributed by atoms with E-state index in [1.54, 1.807) is 42.5 Å². The summed E-state index contributed by atoms with van der Waals surface area (Å²) in [4.78, 5) is 12.2. The first-order valence-electron chi connectivity index (χ1n) is 10.1. The maximum atomic E-state index is 12.5. The number of benzene rings is 2. The number of halogens is 2. The van der Waals surface area contributed by atoms with Gasteiger partial charge in [-0.2, -0.15) is 0 Å².